The zero-order valence-corrected chi connectivity index (χ0v) is 24.3. The molecule has 3 heteroatoms. The first-order chi connectivity index (χ1) is 22.3. The highest BCUT2D eigenvalue weighted by molar-refractivity contribution is 6.27. The lowest BCUT2D eigenvalue weighted by Gasteiger charge is -2.14. The first-order valence-corrected chi connectivity index (χ1v) is 15.4. The zero-order valence-electron chi connectivity index (χ0n) is 24.3. The van der Waals surface area contributed by atoms with Crippen LogP contribution in [0.15, 0.2) is 152 Å². The Morgan fingerprint density at radius 3 is 1.42 bits per heavy atom. The van der Waals surface area contributed by atoms with Crippen LogP contribution >= 0.6 is 0 Å². The van der Waals surface area contributed by atoms with Crippen molar-refractivity contribution in [2.75, 3.05) is 0 Å². The summed E-state index contributed by atoms with van der Waals surface area (Å²) in [5.41, 5.74) is 14.2. The van der Waals surface area contributed by atoms with E-state index in [4.69, 9.17) is 9.97 Å². The van der Waals surface area contributed by atoms with Crippen molar-refractivity contribution in [3.8, 4) is 50.5 Å². The molecular formula is C42H25N3. The van der Waals surface area contributed by atoms with Crippen LogP contribution in [0.3, 0.4) is 0 Å². The van der Waals surface area contributed by atoms with Gasteiger partial charge in [-0.25, -0.2) is 9.97 Å². The molecule has 0 amide bonds. The molecule has 0 radical (unpaired) electrons. The summed E-state index contributed by atoms with van der Waals surface area (Å²) in [7, 11) is 0. The monoisotopic (exact) mass is 571 g/mol. The summed E-state index contributed by atoms with van der Waals surface area (Å²) in [5.74, 6) is 0. The SMILES string of the molecule is c1ccc(-c2nc3ccc(-n4c5cccc6c5c5c(cccc54)-c4cccc5cccc-6c45)cc3nc2-c2ccccc2)cc1. The lowest BCUT2D eigenvalue weighted by atomic mass is 9.93. The summed E-state index contributed by atoms with van der Waals surface area (Å²) in [4.78, 5) is 10.5. The summed E-state index contributed by atoms with van der Waals surface area (Å²) in [5, 5.41) is 5.19. The minimum absolute atomic E-state index is 0.871. The van der Waals surface area contributed by atoms with Gasteiger partial charge in [-0.1, -0.05) is 121 Å². The molecule has 0 aliphatic heterocycles. The minimum atomic E-state index is 0.871. The second kappa shape index (κ2) is 9.22. The van der Waals surface area contributed by atoms with Crippen LogP contribution in [0.4, 0.5) is 0 Å². The van der Waals surface area contributed by atoms with E-state index in [9.17, 15) is 0 Å². The molecule has 10 rings (SSSR count). The molecule has 0 N–H and O–H groups in total. The fourth-order valence-corrected chi connectivity index (χ4v) is 7.40. The minimum Gasteiger partial charge on any atom is -0.309 e. The number of benzene rings is 7. The summed E-state index contributed by atoms with van der Waals surface area (Å²) in [6.07, 6.45) is 0. The predicted octanol–water partition coefficient (Wildman–Crippen LogP) is 10.9. The molecule has 0 saturated heterocycles. The van der Waals surface area contributed by atoms with Crippen LogP contribution < -0.4 is 0 Å². The molecule has 45 heavy (non-hydrogen) atoms. The second-order valence-electron chi connectivity index (χ2n) is 11.8. The van der Waals surface area contributed by atoms with E-state index in [0.29, 0.717) is 0 Å². The van der Waals surface area contributed by atoms with Gasteiger partial charge in [-0.2, -0.15) is 0 Å². The lowest BCUT2D eigenvalue weighted by Crippen LogP contribution is -1.98. The van der Waals surface area contributed by atoms with Crippen molar-refractivity contribution in [1.82, 2.24) is 14.5 Å². The number of nitrogens with zero attached hydrogens (tertiary/aromatic N) is 3. The fraction of sp³-hybridized carbons (Fsp3) is 0. The van der Waals surface area contributed by atoms with Gasteiger partial charge in [0.1, 0.15) is 0 Å². The average Bonchev–Trinajstić information content (AvgIpc) is 3.39. The largest absolute Gasteiger partial charge is 0.309 e. The van der Waals surface area contributed by atoms with Crippen LogP contribution in [0.5, 0.6) is 0 Å². The van der Waals surface area contributed by atoms with E-state index in [-0.39, 0.29) is 0 Å². The van der Waals surface area contributed by atoms with Gasteiger partial charge in [0, 0.05) is 27.6 Å². The molecule has 0 saturated carbocycles. The predicted molar refractivity (Wildman–Crippen MR) is 187 cm³/mol. The van der Waals surface area contributed by atoms with E-state index in [1.807, 2.05) is 12.1 Å². The Morgan fingerprint density at radius 2 is 0.867 bits per heavy atom. The third-order valence-corrected chi connectivity index (χ3v) is 9.30. The normalized spacial score (nSPS) is 12.0. The number of fused-ring (bicyclic) bond motifs is 3. The van der Waals surface area contributed by atoms with Gasteiger partial charge in [-0.05, 0) is 63.4 Å². The number of rotatable bonds is 3. The molecule has 1 aliphatic carbocycles. The molecule has 0 unspecified atom stereocenters. The number of hydrogen-bond acceptors (Lipinski definition) is 2. The molecule has 3 nitrogen and oxygen atoms in total. The quantitative estimate of drug-likeness (QED) is 0.211. The van der Waals surface area contributed by atoms with Gasteiger partial charge in [-0.15, -0.1) is 0 Å². The molecular weight excluding hydrogens is 546 g/mol. The van der Waals surface area contributed by atoms with Gasteiger partial charge in [0.05, 0.1) is 33.5 Å². The van der Waals surface area contributed by atoms with Crippen molar-refractivity contribution in [2.24, 2.45) is 0 Å². The molecule has 208 valence electrons. The highest BCUT2D eigenvalue weighted by Gasteiger charge is 2.24. The first-order valence-electron chi connectivity index (χ1n) is 15.4. The van der Waals surface area contributed by atoms with Crippen LogP contribution in [0.1, 0.15) is 0 Å². The summed E-state index contributed by atoms with van der Waals surface area (Å²) >= 11 is 0. The van der Waals surface area contributed by atoms with Crippen molar-refractivity contribution in [2.45, 2.75) is 0 Å². The van der Waals surface area contributed by atoms with E-state index < -0.39 is 0 Å². The highest BCUT2D eigenvalue weighted by Crippen LogP contribution is 2.49. The second-order valence-corrected chi connectivity index (χ2v) is 11.8. The van der Waals surface area contributed by atoms with Crippen LogP contribution in [0.25, 0.3) is 94.1 Å². The average molecular weight is 572 g/mol. The molecule has 0 fully saturated rings. The maximum atomic E-state index is 5.29. The van der Waals surface area contributed by atoms with Crippen molar-refractivity contribution >= 4 is 43.6 Å². The molecule has 0 spiro atoms. The Bertz CT molecular complexity index is 2540. The molecule has 7 aromatic carbocycles. The number of hydrogen-bond donors (Lipinski definition) is 0. The smallest absolute Gasteiger partial charge is 0.0973 e. The number of aromatic nitrogens is 3. The van der Waals surface area contributed by atoms with Crippen LogP contribution in [-0.4, -0.2) is 14.5 Å². The Balaban J connectivity index is 1.27. The van der Waals surface area contributed by atoms with Crippen molar-refractivity contribution in [3.05, 3.63) is 152 Å². The maximum absolute atomic E-state index is 5.29. The first kappa shape index (κ1) is 24.4. The van der Waals surface area contributed by atoms with E-state index in [0.717, 1.165) is 39.2 Å². The van der Waals surface area contributed by atoms with E-state index in [2.05, 4.69) is 144 Å². The van der Waals surface area contributed by atoms with E-state index in [1.165, 1.54) is 54.8 Å². The van der Waals surface area contributed by atoms with Crippen molar-refractivity contribution in [3.63, 3.8) is 0 Å². The van der Waals surface area contributed by atoms with E-state index in [1.54, 1.807) is 0 Å². The Morgan fingerprint density at radius 1 is 0.378 bits per heavy atom. The Labute approximate surface area is 259 Å². The zero-order chi connectivity index (χ0) is 29.5. The van der Waals surface area contributed by atoms with Gasteiger partial charge in [0.2, 0.25) is 0 Å². The maximum Gasteiger partial charge on any atom is 0.0973 e. The van der Waals surface area contributed by atoms with Crippen molar-refractivity contribution in [1.29, 1.82) is 0 Å². The third-order valence-electron chi connectivity index (χ3n) is 9.30. The molecule has 2 heterocycles. The van der Waals surface area contributed by atoms with Gasteiger partial charge >= 0.3 is 0 Å². The van der Waals surface area contributed by atoms with Crippen molar-refractivity contribution < 1.29 is 0 Å². The summed E-state index contributed by atoms with van der Waals surface area (Å²) < 4.78 is 2.40. The topological polar surface area (TPSA) is 30.7 Å². The molecule has 1 aliphatic rings. The summed E-state index contributed by atoms with van der Waals surface area (Å²) in [6.45, 7) is 0. The lowest BCUT2D eigenvalue weighted by molar-refractivity contribution is 1.18. The van der Waals surface area contributed by atoms with Crippen LogP contribution in [0.2, 0.25) is 0 Å². The molecule has 0 bridgehead atoms. The third kappa shape index (κ3) is 3.46. The summed E-state index contributed by atoms with van der Waals surface area (Å²) in [6, 6.07) is 54.0. The van der Waals surface area contributed by atoms with Crippen LogP contribution in [0, 0.1) is 0 Å². The standard InChI is InChI=1S/C42H25N3/c1-3-11-27(12-4-1)41-42(28-13-5-2-6-14-28)44-35-25-29(23-24-34(35)43-41)45-36-21-9-19-32-30-17-7-15-26-16-8-18-31(38(26)30)33-20-10-22-37(45)40(33)39(32)36/h1-25H. The fourth-order valence-electron chi connectivity index (χ4n) is 7.40. The van der Waals surface area contributed by atoms with Gasteiger partial charge in [0.25, 0.3) is 0 Å². The molecule has 2 aromatic heterocycles. The Kier molecular flexibility index (Phi) is 5.00. The molecule has 9 aromatic rings. The molecule has 0 atom stereocenters. The van der Waals surface area contributed by atoms with Gasteiger partial charge < -0.3 is 4.57 Å². The van der Waals surface area contributed by atoms with Gasteiger partial charge in [0.15, 0.2) is 0 Å². The van der Waals surface area contributed by atoms with Crippen LogP contribution in [-0.2, 0) is 0 Å². The van der Waals surface area contributed by atoms with Gasteiger partial charge in [-0.3, -0.25) is 0 Å². The Hall–Kier alpha value is -6.06. The highest BCUT2D eigenvalue weighted by atomic mass is 15.0. The van der Waals surface area contributed by atoms with E-state index >= 15 is 0 Å².